The van der Waals surface area contributed by atoms with Gasteiger partial charge in [0.05, 0.1) is 0 Å². The second-order valence-electron chi connectivity index (χ2n) is 3.71. The van der Waals surface area contributed by atoms with Gasteiger partial charge in [0.15, 0.2) is 0 Å². The Hall–Kier alpha value is -2.69. The standard InChI is InChI=1S/C13H10O5/c14-7-4-5-8(11(15)6-7)9-2-1-3-10(12(9)16)13(17)18/h1-6,14-16H,(H,17,18). The number of benzene rings is 2. The Morgan fingerprint density at radius 3 is 2.28 bits per heavy atom. The molecule has 0 saturated carbocycles. The molecule has 0 aliphatic rings. The van der Waals surface area contributed by atoms with Gasteiger partial charge in [-0.2, -0.15) is 0 Å². The summed E-state index contributed by atoms with van der Waals surface area (Å²) >= 11 is 0. The number of carbonyl (C=O) groups is 1. The molecule has 0 heterocycles. The Kier molecular flexibility index (Phi) is 2.81. The number of hydrogen-bond donors (Lipinski definition) is 4. The third-order valence-corrected chi connectivity index (χ3v) is 2.54. The molecular weight excluding hydrogens is 236 g/mol. The number of carboxylic acids is 1. The highest BCUT2D eigenvalue weighted by molar-refractivity contribution is 5.94. The summed E-state index contributed by atoms with van der Waals surface area (Å²) in [7, 11) is 0. The number of carboxylic acid groups (broad SMARTS) is 1. The summed E-state index contributed by atoms with van der Waals surface area (Å²) in [6.07, 6.45) is 0. The van der Waals surface area contributed by atoms with Gasteiger partial charge in [-0.15, -0.1) is 0 Å². The van der Waals surface area contributed by atoms with Crippen molar-refractivity contribution in [2.24, 2.45) is 0 Å². The van der Waals surface area contributed by atoms with E-state index in [1.807, 2.05) is 0 Å². The summed E-state index contributed by atoms with van der Waals surface area (Å²) < 4.78 is 0. The number of rotatable bonds is 2. The van der Waals surface area contributed by atoms with E-state index in [0.717, 1.165) is 6.07 Å². The molecule has 0 radical (unpaired) electrons. The second kappa shape index (κ2) is 4.29. The number of para-hydroxylation sites is 1. The Morgan fingerprint density at radius 2 is 1.67 bits per heavy atom. The van der Waals surface area contributed by atoms with Gasteiger partial charge in [0.2, 0.25) is 0 Å². The first-order valence-electron chi connectivity index (χ1n) is 5.08. The maximum atomic E-state index is 10.9. The maximum absolute atomic E-state index is 10.9. The number of aromatic carboxylic acids is 1. The van der Waals surface area contributed by atoms with Crippen LogP contribution in [0.25, 0.3) is 11.1 Å². The van der Waals surface area contributed by atoms with E-state index >= 15 is 0 Å². The first kappa shape index (κ1) is 11.8. The molecule has 5 nitrogen and oxygen atoms in total. The number of phenols is 3. The van der Waals surface area contributed by atoms with Gasteiger partial charge >= 0.3 is 5.97 Å². The van der Waals surface area contributed by atoms with Crippen LogP contribution in [0.2, 0.25) is 0 Å². The molecule has 92 valence electrons. The van der Waals surface area contributed by atoms with Crippen LogP contribution in [0, 0.1) is 0 Å². The average Bonchev–Trinajstić information content (AvgIpc) is 2.30. The van der Waals surface area contributed by atoms with Crippen LogP contribution in [0.3, 0.4) is 0 Å². The van der Waals surface area contributed by atoms with E-state index in [0.29, 0.717) is 0 Å². The van der Waals surface area contributed by atoms with Gasteiger partial charge < -0.3 is 20.4 Å². The normalized spacial score (nSPS) is 10.2. The lowest BCUT2D eigenvalue weighted by Crippen LogP contribution is -1.97. The highest BCUT2D eigenvalue weighted by Crippen LogP contribution is 2.38. The molecule has 0 saturated heterocycles. The van der Waals surface area contributed by atoms with Gasteiger partial charge in [-0.3, -0.25) is 0 Å². The van der Waals surface area contributed by atoms with Crippen molar-refractivity contribution in [2.45, 2.75) is 0 Å². The molecule has 2 rings (SSSR count). The summed E-state index contributed by atoms with van der Waals surface area (Å²) in [5, 5.41) is 37.6. The summed E-state index contributed by atoms with van der Waals surface area (Å²) in [5.74, 6) is -2.04. The molecule has 0 aliphatic carbocycles. The van der Waals surface area contributed by atoms with Gasteiger partial charge in [-0.05, 0) is 18.2 Å². The number of aromatic hydroxyl groups is 3. The van der Waals surface area contributed by atoms with Crippen LogP contribution in [-0.4, -0.2) is 26.4 Å². The molecule has 0 spiro atoms. The zero-order chi connectivity index (χ0) is 13.3. The molecular formula is C13H10O5. The minimum absolute atomic E-state index is 0.120. The van der Waals surface area contributed by atoms with Crippen molar-refractivity contribution in [3.63, 3.8) is 0 Å². The summed E-state index contributed by atoms with van der Waals surface area (Å²) in [5.41, 5.74) is 0.181. The van der Waals surface area contributed by atoms with Crippen LogP contribution >= 0.6 is 0 Å². The average molecular weight is 246 g/mol. The van der Waals surface area contributed by atoms with Crippen molar-refractivity contribution in [3.05, 3.63) is 42.0 Å². The van der Waals surface area contributed by atoms with E-state index in [-0.39, 0.29) is 28.2 Å². The smallest absolute Gasteiger partial charge is 0.339 e. The van der Waals surface area contributed by atoms with Crippen LogP contribution in [0.1, 0.15) is 10.4 Å². The van der Waals surface area contributed by atoms with Gasteiger partial charge in [0, 0.05) is 17.2 Å². The van der Waals surface area contributed by atoms with E-state index < -0.39 is 11.7 Å². The predicted octanol–water partition coefficient (Wildman–Crippen LogP) is 2.17. The molecule has 4 N–H and O–H groups in total. The van der Waals surface area contributed by atoms with Gasteiger partial charge in [0.1, 0.15) is 22.8 Å². The minimum atomic E-state index is -1.26. The molecule has 0 unspecified atom stereocenters. The van der Waals surface area contributed by atoms with Crippen LogP contribution in [0.15, 0.2) is 36.4 Å². The van der Waals surface area contributed by atoms with E-state index in [1.165, 1.54) is 30.3 Å². The maximum Gasteiger partial charge on any atom is 0.339 e. The lowest BCUT2D eigenvalue weighted by Gasteiger charge is -2.09. The van der Waals surface area contributed by atoms with Crippen LogP contribution in [-0.2, 0) is 0 Å². The summed E-state index contributed by atoms with van der Waals surface area (Å²) in [6, 6.07) is 8.05. The number of hydrogen-bond acceptors (Lipinski definition) is 4. The largest absolute Gasteiger partial charge is 0.508 e. The summed E-state index contributed by atoms with van der Waals surface area (Å²) in [6.45, 7) is 0. The number of phenolic OH excluding ortho intramolecular Hbond substituents is 2. The molecule has 0 atom stereocenters. The van der Waals surface area contributed by atoms with E-state index in [2.05, 4.69) is 0 Å². The van der Waals surface area contributed by atoms with Crippen molar-refractivity contribution in [2.75, 3.05) is 0 Å². The van der Waals surface area contributed by atoms with Gasteiger partial charge in [-0.1, -0.05) is 12.1 Å². The monoisotopic (exact) mass is 246 g/mol. The fourth-order valence-electron chi connectivity index (χ4n) is 1.68. The zero-order valence-corrected chi connectivity index (χ0v) is 9.16. The fraction of sp³-hybridized carbons (Fsp3) is 0. The zero-order valence-electron chi connectivity index (χ0n) is 9.16. The van der Waals surface area contributed by atoms with E-state index in [9.17, 15) is 20.1 Å². The van der Waals surface area contributed by atoms with Crippen molar-refractivity contribution < 1.29 is 25.2 Å². The van der Waals surface area contributed by atoms with Gasteiger partial charge in [-0.25, -0.2) is 4.79 Å². The fourth-order valence-corrected chi connectivity index (χ4v) is 1.68. The minimum Gasteiger partial charge on any atom is -0.508 e. The predicted molar refractivity (Wildman–Crippen MR) is 63.8 cm³/mol. The molecule has 0 bridgehead atoms. The molecule has 18 heavy (non-hydrogen) atoms. The van der Waals surface area contributed by atoms with Crippen molar-refractivity contribution >= 4 is 5.97 Å². The molecule has 0 fully saturated rings. The molecule has 0 amide bonds. The molecule has 5 heteroatoms. The SMILES string of the molecule is O=C(O)c1cccc(-c2ccc(O)cc2O)c1O. The second-order valence-corrected chi connectivity index (χ2v) is 3.71. The van der Waals surface area contributed by atoms with Crippen molar-refractivity contribution in [3.8, 4) is 28.4 Å². The van der Waals surface area contributed by atoms with Crippen LogP contribution in [0.5, 0.6) is 17.2 Å². The van der Waals surface area contributed by atoms with Crippen molar-refractivity contribution in [1.82, 2.24) is 0 Å². The third kappa shape index (κ3) is 1.93. The quantitative estimate of drug-likeness (QED) is 0.651. The Morgan fingerprint density at radius 1 is 0.944 bits per heavy atom. The van der Waals surface area contributed by atoms with Crippen molar-refractivity contribution in [1.29, 1.82) is 0 Å². The first-order chi connectivity index (χ1) is 8.50. The lowest BCUT2D eigenvalue weighted by molar-refractivity contribution is 0.0694. The third-order valence-electron chi connectivity index (χ3n) is 2.54. The first-order valence-corrected chi connectivity index (χ1v) is 5.08. The molecule has 0 aliphatic heterocycles. The highest BCUT2D eigenvalue weighted by atomic mass is 16.4. The summed E-state index contributed by atoms with van der Waals surface area (Å²) in [4.78, 5) is 10.9. The van der Waals surface area contributed by atoms with Crippen LogP contribution < -0.4 is 0 Å². The lowest BCUT2D eigenvalue weighted by atomic mass is 10.0. The van der Waals surface area contributed by atoms with E-state index in [1.54, 1.807) is 0 Å². The highest BCUT2D eigenvalue weighted by Gasteiger charge is 2.16. The van der Waals surface area contributed by atoms with Gasteiger partial charge in [0.25, 0.3) is 0 Å². The Bertz CT molecular complexity index is 619. The molecule has 0 aromatic heterocycles. The van der Waals surface area contributed by atoms with Crippen LogP contribution in [0.4, 0.5) is 0 Å². The molecule has 2 aromatic carbocycles. The molecule has 2 aromatic rings. The topological polar surface area (TPSA) is 98.0 Å². The Labute approximate surface area is 102 Å². The van der Waals surface area contributed by atoms with E-state index in [4.69, 9.17) is 5.11 Å². The Balaban J connectivity index is 2.64.